The molecule has 2 rings (SSSR count). The number of pyridine rings is 1. The van der Waals surface area contributed by atoms with Gasteiger partial charge in [0.15, 0.2) is 0 Å². The molecule has 0 atom stereocenters. The number of sulfonamides is 1. The fourth-order valence-electron chi connectivity index (χ4n) is 1.97. The molecular formula is C12H16N2O2S. The number of aromatic nitrogens is 1. The number of rotatable bonds is 5. The van der Waals surface area contributed by atoms with Gasteiger partial charge < -0.3 is 0 Å². The monoisotopic (exact) mass is 252 g/mol. The molecule has 92 valence electrons. The van der Waals surface area contributed by atoms with Gasteiger partial charge in [0.05, 0.1) is 11.4 Å². The Bertz CT molecular complexity index is 511. The third-order valence-electron chi connectivity index (χ3n) is 2.81. The number of hydrogen-bond acceptors (Lipinski definition) is 3. The summed E-state index contributed by atoms with van der Waals surface area (Å²) >= 11 is 0. The maximum Gasteiger partial charge on any atom is 0.241 e. The number of nitrogens with zero attached hydrogens (tertiary/aromatic N) is 2. The summed E-state index contributed by atoms with van der Waals surface area (Å²) in [6.07, 6.45) is 6.22. The van der Waals surface area contributed by atoms with Gasteiger partial charge in [-0.3, -0.25) is 9.29 Å². The van der Waals surface area contributed by atoms with Gasteiger partial charge in [0.25, 0.3) is 0 Å². The lowest BCUT2D eigenvalue weighted by molar-refractivity contribution is 0.591. The molecule has 0 unspecified atom stereocenters. The zero-order valence-electron chi connectivity index (χ0n) is 9.67. The highest BCUT2D eigenvalue weighted by molar-refractivity contribution is 7.92. The summed E-state index contributed by atoms with van der Waals surface area (Å²) < 4.78 is 25.4. The molecule has 2 heterocycles. The average Bonchev–Trinajstić information content (AvgIpc) is 2.55. The highest BCUT2D eigenvalue weighted by Crippen LogP contribution is 2.31. The van der Waals surface area contributed by atoms with E-state index in [-0.39, 0.29) is 5.75 Å². The van der Waals surface area contributed by atoms with E-state index >= 15 is 0 Å². The van der Waals surface area contributed by atoms with Crippen LogP contribution >= 0.6 is 0 Å². The van der Waals surface area contributed by atoms with Crippen LogP contribution in [0, 0.1) is 0 Å². The lowest BCUT2D eigenvalue weighted by atomic mass is 10.2. The standard InChI is InChI=1S/C12H16N2O2S/c1-2-3-4-5-9-14-12-7-6-8-13-11(12)10-17(14,15)16/h2,6-8H,1,3-5,9-10H2. The van der Waals surface area contributed by atoms with Crippen LogP contribution in [0.4, 0.5) is 5.69 Å². The summed E-state index contributed by atoms with van der Waals surface area (Å²) in [6, 6.07) is 3.59. The first-order valence-corrected chi connectivity index (χ1v) is 7.31. The molecule has 0 spiro atoms. The van der Waals surface area contributed by atoms with Crippen LogP contribution in [0.15, 0.2) is 31.0 Å². The molecule has 0 bridgehead atoms. The van der Waals surface area contributed by atoms with E-state index < -0.39 is 10.0 Å². The number of hydrogen-bond donors (Lipinski definition) is 0. The smallest absolute Gasteiger partial charge is 0.241 e. The summed E-state index contributed by atoms with van der Waals surface area (Å²) in [5.41, 5.74) is 1.40. The first-order valence-electron chi connectivity index (χ1n) is 5.70. The van der Waals surface area contributed by atoms with Gasteiger partial charge in [-0.15, -0.1) is 6.58 Å². The Hall–Kier alpha value is -1.36. The Labute approximate surface area is 102 Å². The maximum absolute atomic E-state index is 11.9. The molecule has 0 N–H and O–H groups in total. The molecule has 4 nitrogen and oxygen atoms in total. The highest BCUT2D eigenvalue weighted by atomic mass is 32.2. The summed E-state index contributed by atoms with van der Waals surface area (Å²) in [4.78, 5) is 4.11. The second kappa shape index (κ2) is 4.87. The van der Waals surface area contributed by atoms with Gasteiger partial charge in [-0.25, -0.2) is 8.42 Å². The fraction of sp³-hybridized carbons (Fsp3) is 0.417. The van der Waals surface area contributed by atoms with Crippen LogP contribution < -0.4 is 4.31 Å². The largest absolute Gasteiger partial charge is 0.268 e. The molecule has 0 aromatic carbocycles. The van der Waals surface area contributed by atoms with Gasteiger partial charge >= 0.3 is 0 Å². The first kappa shape index (κ1) is 12.1. The van der Waals surface area contributed by atoms with Crippen LogP contribution in [0.2, 0.25) is 0 Å². The van der Waals surface area contributed by atoms with Crippen LogP contribution in [-0.4, -0.2) is 19.9 Å². The molecule has 1 aliphatic rings. The molecule has 1 aliphatic heterocycles. The molecule has 1 aromatic heterocycles. The molecule has 0 saturated carbocycles. The van der Waals surface area contributed by atoms with Crippen molar-refractivity contribution in [2.75, 3.05) is 10.8 Å². The molecule has 0 radical (unpaired) electrons. The normalized spacial score (nSPS) is 16.8. The summed E-state index contributed by atoms with van der Waals surface area (Å²) in [5.74, 6) is 0.0324. The van der Waals surface area contributed by atoms with Gasteiger partial charge in [0.1, 0.15) is 5.75 Å². The van der Waals surface area contributed by atoms with Crippen LogP contribution in [0.3, 0.4) is 0 Å². The van der Waals surface area contributed by atoms with E-state index in [1.165, 1.54) is 4.31 Å². The zero-order chi connectivity index (χ0) is 12.3. The van der Waals surface area contributed by atoms with Crippen molar-refractivity contribution in [3.05, 3.63) is 36.7 Å². The van der Waals surface area contributed by atoms with Gasteiger partial charge in [0.2, 0.25) is 10.0 Å². The van der Waals surface area contributed by atoms with Crippen LogP contribution in [0.5, 0.6) is 0 Å². The third kappa shape index (κ3) is 2.49. The molecule has 1 aromatic rings. The first-order chi connectivity index (χ1) is 8.15. The second-order valence-corrected chi connectivity index (χ2v) is 5.98. The SMILES string of the molecule is C=CCCCCN1c2cccnc2CS1(=O)=O. The van der Waals surface area contributed by atoms with Gasteiger partial charge in [-0.2, -0.15) is 0 Å². The van der Waals surface area contributed by atoms with E-state index in [9.17, 15) is 8.42 Å². The Morgan fingerprint density at radius 3 is 3.06 bits per heavy atom. The van der Waals surface area contributed by atoms with Crippen molar-refractivity contribution < 1.29 is 8.42 Å². The molecular weight excluding hydrogens is 236 g/mol. The van der Waals surface area contributed by atoms with Gasteiger partial charge in [0, 0.05) is 12.7 Å². The molecule has 17 heavy (non-hydrogen) atoms. The van der Waals surface area contributed by atoms with E-state index in [0.717, 1.165) is 24.9 Å². The Morgan fingerprint density at radius 1 is 1.47 bits per heavy atom. The topological polar surface area (TPSA) is 50.3 Å². The number of allylic oxidation sites excluding steroid dienone is 1. The number of fused-ring (bicyclic) bond motifs is 1. The van der Waals surface area contributed by atoms with E-state index in [1.54, 1.807) is 12.3 Å². The highest BCUT2D eigenvalue weighted by Gasteiger charge is 2.33. The quantitative estimate of drug-likeness (QED) is 0.595. The summed E-state index contributed by atoms with van der Waals surface area (Å²) in [7, 11) is -3.19. The molecule has 0 aliphatic carbocycles. The number of unbranched alkanes of at least 4 members (excludes halogenated alkanes) is 2. The molecule has 0 fully saturated rings. The van der Waals surface area contributed by atoms with E-state index in [0.29, 0.717) is 12.2 Å². The number of anilines is 1. The fourth-order valence-corrected chi connectivity index (χ4v) is 3.57. The minimum absolute atomic E-state index is 0.0324. The van der Waals surface area contributed by atoms with E-state index in [1.807, 2.05) is 12.1 Å². The summed E-state index contributed by atoms with van der Waals surface area (Å²) in [6.45, 7) is 4.19. The predicted molar refractivity (Wildman–Crippen MR) is 68.3 cm³/mol. The molecule has 0 amide bonds. The average molecular weight is 252 g/mol. The van der Waals surface area contributed by atoms with Gasteiger partial charge in [-0.05, 0) is 31.4 Å². The summed E-state index contributed by atoms with van der Waals surface area (Å²) in [5, 5.41) is 0. The Kier molecular flexibility index (Phi) is 3.47. The third-order valence-corrected chi connectivity index (χ3v) is 4.50. The van der Waals surface area contributed by atoms with E-state index in [4.69, 9.17) is 0 Å². The van der Waals surface area contributed by atoms with Crippen molar-refractivity contribution >= 4 is 15.7 Å². The molecule has 5 heteroatoms. The minimum atomic E-state index is -3.19. The second-order valence-electron chi connectivity index (χ2n) is 4.08. The van der Waals surface area contributed by atoms with E-state index in [2.05, 4.69) is 11.6 Å². The predicted octanol–water partition coefficient (Wildman–Crippen LogP) is 2.09. The minimum Gasteiger partial charge on any atom is -0.268 e. The lowest BCUT2D eigenvalue weighted by Gasteiger charge is -2.17. The van der Waals surface area contributed by atoms with Crippen molar-refractivity contribution in [2.45, 2.75) is 25.0 Å². The Balaban J connectivity index is 2.12. The van der Waals surface area contributed by atoms with Crippen LogP contribution in [0.25, 0.3) is 0 Å². The van der Waals surface area contributed by atoms with Crippen LogP contribution in [-0.2, 0) is 15.8 Å². The van der Waals surface area contributed by atoms with Crippen molar-refractivity contribution in [1.82, 2.24) is 4.98 Å². The van der Waals surface area contributed by atoms with Crippen LogP contribution in [0.1, 0.15) is 25.0 Å². The van der Waals surface area contributed by atoms with Crippen molar-refractivity contribution in [3.8, 4) is 0 Å². The molecule has 0 saturated heterocycles. The lowest BCUT2D eigenvalue weighted by Crippen LogP contribution is -2.27. The van der Waals surface area contributed by atoms with Crippen molar-refractivity contribution in [1.29, 1.82) is 0 Å². The zero-order valence-corrected chi connectivity index (χ0v) is 10.5. The van der Waals surface area contributed by atoms with Gasteiger partial charge in [-0.1, -0.05) is 6.08 Å². The Morgan fingerprint density at radius 2 is 2.29 bits per heavy atom. The van der Waals surface area contributed by atoms with Crippen molar-refractivity contribution in [2.24, 2.45) is 0 Å². The maximum atomic E-state index is 11.9. The van der Waals surface area contributed by atoms with Crippen molar-refractivity contribution in [3.63, 3.8) is 0 Å².